The Hall–Kier alpha value is -3.09. The first kappa shape index (κ1) is 19.7. The Bertz CT molecular complexity index is 976. The number of halogens is 1. The van der Waals surface area contributed by atoms with Gasteiger partial charge in [-0.15, -0.1) is 0 Å². The van der Waals surface area contributed by atoms with E-state index in [9.17, 15) is 4.79 Å². The molecular weight excluding hydrogens is 396 g/mol. The van der Waals surface area contributed by atoms with Crippen LogP contribution in [0, 0.1) is 0 Å². The van der Waals surface area contributed by atoms with Gasteiger partial charge in [0.15, 0.2) is 5.11 Å². The Morgan fingerprint density at radius 3 is 2.21 bits per heavy atom. The second kappa shape index (κ2) is 9.21. The molecular formula is C21H17ClN2O3S. The standard InChI is InChI=1S/C21H17ClN2O3S/c1-26-19-4-2-3-14(13-19)20(25)24-21(28)23-16-7-11-18(12-8-16)27-17-9-5-15(22)6-10-17/h2-13H,1H3,(H2,23,24,25,28). The molecule has 0 aliphatic heterocycles. The average molecular weight is 413 g/mol. The molecule has 0 aromatic heterocycles. The van der Waals surface area contributed by atoms with Crippen LogP contribution in [0.2, 0.25) is 5.02 Å². The SMILES string of the molecule is COc1cccc(C(=O)NC(=S)Nc2ccc(Oc3ccc(Cl)cc3)cc2)c1. The van der Waals surface area contributed by atoms with Crippen LogP contribution in [0.25, 0.3) is 0 Å². The second-order valence-electron chi connectivity index (χ2n) is 5.72. The monoisotopic (exact) mass is 412 g/mol. The van der Waals surface area contributed by atoms with E-state index in [1.165, 1.54) is 0 Å². The molecule has 0 radical (unpaired) electrons. The summed E-state index contributed by atoms with van der Waals surface area (Å²) in [4.78, 5) is 12.3. The van der Waals surface area contributed by atoms with Crippen molar-refractivity contribution >= 4 is 40.5 Å². The highest BCUT2D eigenvalue weighted by Gasteiger charge is 2.09. The number of benzene rings is 3. The van der Waals surface area contributed by atoms with Crippen molar-refractivity contribution in [3.8, 4) is 17.2 Å². The number of ether oxygens (including phenoxy) is 2. The van der Waals surface area contributed by atoms with Crippen molar-refractivity contribution in [3.63, 3.8) is 0 Å². The van der Waals surface area contributed by atoms with Crippen molar-refractivity contribution in [1.82, 2.24) is 5.32 Å². The minimum Gasteiger partial charge on any atom is -0.497 e. The van der Waals surface area contributed by atoms with Crippen molar-refractivity contribution in [3.05, 3.63) is 83.4 Å². The lowest BCUT2D eigenvalue weighted by Crippen LogP contribution is -2.34. The summed E-state index contributed by atoms with van der Waals surface area (Å²) in [5, 5.41) is 6.45. The van der Waals surface area contributed by atoms with Crippen molar-refractivity contribution < 1.29 is 14.3 Å². The van der Waals surface area contributed by atoms with Crippen molar-refractivity contribution in [2.75, 3.05) is 12.4 Å². The Morgan fingerprint density at radius 2 is 1.57 bits per heavy atom. The highest BCUT2D eigenvalue weighted by Crippen LogP contribution is 2.24. The van der Waals surface area contributed by atoms with E-state index in [1.54, 1.807) is 79.9 Å². The van der Waals surface area contributed by atoms with Gasteiger partial charge in [-0.25, -0.2) is 0 Å². The molecule has 3 aromatic rings. The molecule has 0 saturated heterocycles. The van der Waals surface area contributed by atoms with E-state index < -0.39 is 0 Å². The molecule has 2 N–H and O–H groups in total. The summed E-state index contributed by atoms with van der Waals surface area (Å²) in [5.41, 5.74) is 1.18. The van der Waals surface area contributed by atoms with Gasteiger partial charge in [0.25, 0.3) is 5.91 Å². The molecule has 0 aliphatic rings. The molecule has 0 heterocycles. The summed E-state index contributed by atoms with van der Waals surface area (Å²) in [6.45, 7) is 0. The number of hydrogen-bond donors (Lipinski definition) is 2. The number of hydrogen-bond acceptors (Lipinski definition) is 4. The van der Waals surface area contributed by atoms with E-state index in [0.29, 0.717) is 27.8 Å². The normalized spacial score (nSPS) is 10.1. The molecule has 3 rings (SSSR count). The van der Waals surface area contributed by atoms with Crippen LogP contribution in [0.1, 0.15) is 10.4 Å². The van der Waals surface area contributed by atoms with Crippen LogP contribution in [-0.4, -0.2) is 18.1 Å². The molecule has 3 aromatic carbocycles. The third kappa shape index (κ3) is 5.45. The highest BCUT2D eigenvalue weighted by molar-refractivity contribution is 7.80. The van der Waals surface area contributed by atoms with Gasteiger partial charge in [0.1, 0.15) is 17.2 Å². The van der Waals surface area contributed by atoms with E-state index >= 15 is 0 Å². The second-order valence-corrected chi connectivity index (χ2v) is 6.57. The summed E-state index contributed by atoms with van der Waals surface area (Å²) in [6.07, 6.45) is 0. The first-order valence-corrected chi connectivity index (χ1v) is 9.12. The fraction of sp³-hybridized carbons (Fsp3) is 0.0476. The van der Waals surface area contributed by atoms with Gasteiger partial charge >= 0.3 is 0 Å². The summed E-state index contributed by atoms with van der Waals surface area (Å²) in [7, 11) is 1.55. The highest BCUT2D eigenvalue weighted by atomic mass is 35.5. The summed E-state index contributed by atoms with van der Waals surface area (Å²) < 4.78 is 10.9. The van der Waals surface area contributed by atoms with Crippen molar-refractivity contribution in [2.45, 2.75) is 0 Å². The maximum absolute atomic E-state index is 12.3. The zero-order chi connectivity index (χ0) is 19.9. The van der Waals surface area contributed by atoms with Crippen LogP contribution in [0.3, 0.4) is 0 Å². The van der Waals surface area contributed by atoms with Crippen LogP contribution in [0.5, 0.6) is 17.2 Å². The largest absolute Gasteiger partial charge is 0.497 e. The predicted molar refractivity (Wildman–Crippen MR) is 115 cm³/mol. The minimum absolute atomic E-state index is 0.194. The number of nitrogens with one attached hydrogen (secondary N) is 2. The van der Waals surface area contributed by atoms with Crippen LogP contribution >= 0.6 is 23.8 Å². The van der Waals surface area contributed by atoms with Crippen molar-refractivity contribution in [1.29, 1.82) is 0 Å². The van der Waals surface area contributed by atoms with Gasteiger partial charge in [-0.05, 0) is 78.9 Å². The van der Waals surface area contributed by atoms with Gasteiger partial charge in [0, 0.05) is 16.3 Å². The van der Waals surface area contributed by atoms with E-state index in [1.807, 2.05) is 0 Å². The third-order valence-electron chi connectivity index (χ3n) is 3.72. The molecule has 28 heavy (non-hydrogen) atoms. The average Bonchev–Trinajstić information content (AvgIpc) is 2.71. The number of anilines is 1. The van der Waals surface area contributed by atoms with Gasteiger partial charge in [0.2, 0.25) is 0 Å². The van der Waals surface area contributed by atoms with E-state index in [4.69, 9.17) is 33.3 Å². The Labute approximate surface area is 173 Å². The first-order valence-electron chi connectivity index (χ1n) is 8.33. The molecule has 0 bridgehead atoms. The van der Waals surface area contributed by atoms with E-state index in [-0.39, 0.29) is 11.0 Å². The molecule has 0 unspecified atom stereocenters. The molecule has 0 atom stereocenters. The van der Waals surface area contributed by atoms with E-state index in [0.717, 1.165) is 5.69 Å². The molecule has 5 nitrogen and oxygen atoms in total. The number of carbonyl (C=O) groups excluding carboxylic acids is 1. The Balaban J connectivity index is 1.56. The number of rotatable bonds is 5. The summed E-state index contributed by atoms with van der Waals surface area (Å²) in [6, 6.07) is 21.1. The van der Waals surface area contributed by atoms with Gasteiger partial charge in [0.05, 0.1) is 7.11 Å². The molecule has 142 valence electrons. The lowest BCUT2D eigenvalue weighted by atomic mass is 10.2. The lowest BCUT2D eigenvalue weighted by molar-refractivity contribution is 0.0977. The maximum atomic E-state index is 12.3. The third-order valence-corrected chi connectivity index (χ3v) is 4.18. The van der Waals surface area contributed by atoms with Crippen LogP contribution < -0.4 is 20.1 Å². The fourth-order valence-corrected chi connectivity index (χ4v) is 2.68. The number of carbonyl (C=O) groups is 1. The topological polar surface area (TPSA) is 59.6 Å². The van der Waals surface area contributed by atoms with Crippen LogP contribution in [-0.2, 0) is 0 Å². The van der Waals surface area contributed by atoms with Gasteiger partial charge < -0.3 is 14.8 Å². The molecule has 7 heteroatoms. The fourth-order valence-electron chi connectivity index (χ4n) is 2.35. The molecule has 0 aliphatic carbocycles. The number of thiocarbonyl (C=S) groups is 1. The molecule has 1 amide bonds. The van der Waals surface area contributed by atoms with Gasteiger partial charge in [-0.2, -0.15) is 0 Å². The maximum Gasteiger partial charge on any atom is 0.257 e. The Kier molecular flexibility index (Phi) is 6.47. The van der Waals surface area contributed by atoms with Gasteiger partial charge in [-0.1, -0.05) is 17.7 Å². The molecule has 0 saturated carbocycles. The molecule has 0 spiro atoms. The van der Waals surface area contributed by atoms with Crippen LogP contribution in [0.4, 0.5) is 5.69 Å². The smallest absolute Gasteiger partial charge is 0.257 e. The van der Waals surface area contributed by atoms with E-state index in [2.05, 4.69) is 10.6 Å². The Morgan fingerprint density at radius 1 is 0.929 bits per heavy atom. The summed E-state index contributed by atoms with van der Waals surface area (Å²) in [5.74, 6) is 1.63. The number of methoxy groups -OCH3 is 1. The van der Waals surface area contributed by atoms with Crippen molar-refractivity contribution in [2.24, 2.45) is 0 Å². The first-order chi connectivity index (χ1) is 13.5. The predicted octanol–water partition coefficient (Wildman–Crippen LogP) is 5.27. The minimum atomic E-state index is -0.320. The number of amides is 1. The summed E-state index contributed by atoms with van der Waals surface area (Å²) >= 11 is 11.1. The zero-order valence-corrected chi connectivity index (χ0v) is 16.5. The van der Waals surface area contributed by atoms with Gasteiger partial charge in [-0.3, -0.25) is 10.1 Å². The molecule has 0 fully saturated rings. The lowest BCUT2D eigenvalue weighted by Gasteiger charge is -2.11. The zero-order valence-electron chi connectivity index (χ0n) is 14.9. The van der Waals surface area contributed by atoms with Crippen LogP contribution in [0.15, 0.2) is 72.8 Å². The quantitative estimate of drug-likeness (QED) is 0.559.